The maximum Gasteiger partial charge on any atom is 0.241 e. The van der Waals surface area contributed by atoms with Gasteiger partial charge in [0.15, 0.2) is 0 Å². The average molecular weight is 312 g/mol. The number of hydrogen-bond acceptors (Lipinski definition) is 4. The van der Waals surface area contributed by atoms with Crippen molar-refractivity contribution in [2.24, 2.45) is 5.73 Å². The minimum Gasteiger partial charge on any atom is -0.320 e. The molecule has 5 heteroatoms. The molecule has 5 nitrogen and oxygen atoms in total. The van der Waals surface area contributed by atoms with Crippen LogP contribution in [0.4, 0.5) is 0 Å². The molecule has 23 heavy (non-hydrogen) atoms. The van der Waals surface area contributed by atoms with E-state index in [1.165, 1.54) is 10.5 Å². The van der Waals surface area contributed by atoms with Gasteiger partial charge in [0, 0.05) is 13.1 Å². The summed E-state index contributed by atoms with van der Waals surface area (Å²) in [5.41, 5.74) is 7.24. The van der Waals surface area contributed by atoms with Crippen LogP contribution in [0, 0.1) is 11.3 Å². The Morgan fingerprint density at radius 3 is 2.91 bits per heavy atom. The monoisotopic (exact) mass is 312 g/mol. The molecule has 1 amide bonds. The maximum atomic E-state index is 12.2. The van der Waals surface area contributed by atoms with Crippen LogP contribution in [0.15, 0.2) is 42.5 Å². The van der Waals surface area contributed by atoms with Gasteiger partial charge in [-0.2, -0.15) is 5.26 Å². The molecule has 0 fully saturated rings. The smallest absolute Gasteiger partial charge is 0.241 e. The number of carbonyl (C=O) groups is 1. The predicted molar refractivity (Wildman–Crippen MR) is 90.2 cm³/mol. The summed E-state index contributed by atoms with van der Waals surface area (Å²) in [7, 11) is 0. The minimum atomic E-state index is -0.514. The van der Waals surface area contributed by atoms with Crippen molar-refractivity contribution < 1.29 is 4.79 Å². The second-order valence-electron chi connectivity index (χ2n) is 5.76. The van der Waals surface area contributed by atoms with Gasteiger partial charge in [0.1, 0.15) is 6.04 Å². The van der Waals surface area contributed by atoms with Crippen molar-refractivity contribution in [1.82, 2.24) is 10.2 Å². The first-order chi connectivity index (χ1) is 11.2. The van der Waals surface area contributed by atoms with E-state index in [1.54, 1.807) is 6.08 Å². The number of nitrogens with two attached hydrogens (primary N) is 1. The zero-order valence-corrected chi connectivity index (χ0v) is 13.3. The second kappa shape index (κ2) is 9.09. The first kappa shape index (κ1) is 17.2. The van der Waals surface area contributed by atoms with Crippen LogP contribution in [0.25, 0.3) is 0 Å². The van der Waals surface area contributed by atoms with E-state index in [4.69, 9.17) is 11.0 Å². The van der Waals surface area contributed by atoms with Crippen molar-refractivity contribution in [3.63, 3.8) is 0 Å². The number of rotatable bonds is 8. The summed E-state index contributed by atoms with van der Waals surface area (Å²) in [4.78, 5) is 13.8. The van der Waals surface area contributed by atoms with Gasteiger partial charge in [0.2, 0.25) is 5.91 Å². The van der Waals surface area contributed by atoms with Crippen LogP contribution in [-0.2, 0) is 11.3 Å². The highest BCUT2D eigenvalue weighted by Crippen LogP contribution is 2.12. The molecule has 3 N–H and O–H groups in total. The summed E-state index contributed by atoms with van der Waals surface area (Å²) in [6, 6.07) is 11.4. The number of unbranched alkanes of at least 4 members (excludes halogenated alkanes) is 1. The van der Waals surface area contributed by atoms with Gasteiger partial charge in [-0.3, -0.25) is 4.79 Å². The lowest BCUT2D eigenvalue weighted by Crippen LogP contribution is -2.45. The molecule has 0 unspecified atom stereocenters. The second-order valence-corrected chi connectivity index (χ2v) is 5.76. The standard InChI is InChI=1S/C18H24N4O/c19-13-16-9-6-12-22(16)18(23)17(20)10-4-5-11-21-14-15-7-2-1-3-8-15/h1-3,6-9,16-17,21H,4-5,10-12,14,20H2/t16-,17-/m0/s1. The lowest BCUT2D eigenvalue weighted by atomic mass is 10.1. The van der Waals surface area contributed by atoms with Gasteiger partial charge < -0.3 is 16.0 Å². The summed E-state index contributed by atoms with van der Waals surface area (Å²) >= 11 is 0. The van der Waals surface area contributed by atoms with E-state index in [2.05, 4.69) is 23.5 Å². The fourth-order valence-electron chi connectivity index (χ4n) is 2.64. The number of benzene rings is 1. The molecule has 0 saturated carbocycles. The Hall–Kier alpha value is -2.16. The van der Waals surface area contributed by atoms with Crippen molar-refractivity contribution in [2.45, 2.75) is 37.9 Å². The highest BCUT2D eigenvalue weighted by atomic mass is 16.2. The van der Waals surface area contributed by atoms with E-state index >= 15 is 0 Å². The highest BCUT2D eigenvalue weighted by molar-refractivity contribution is 5.83. The van der Waals surface area contributed by atoms with Gasteiger partial charge in [0.05, 0.1) is 12.1 Å². The molecule has 0 saturated heterocycles. The molecular weight excluding hydrogens is 288 g/mol. The molecule has 1 heterocycles. The third-order valence-electron chi connectivity index (χ3n) is 3.98. The van der Waals surface area contributed by atoms with Crippen molar-refractivity contribution in [2.75, 3.05) is 13.1 Å². The van der Waals surface area contributed by atoms with E-state index in [1.807, 2.05) is 24.3 Å². The van der Waals surface area contributed by atoms with Crippen LogP contribution in [-0.4, -0.2) is 36.0 Å². The Bertz CT molecular complexity index is 564. The van der Waals surface area contributed by atoms with Crippen LogP contribution >= 0.6 is 0 Å². The van der Waals surface area contributed by atoms with Crippen molar-refractivity contribution >= 4 is 5.91 Å². The van der Waals surface area contributed by atoms with Gasteiger partial charge in [-0.15, -0.1) is 0 Å². The van der Waals surface area contributed by atoms with Crippen LogP contribution in [0.5, 0.6) is 0 Å². The van der Waals surface area contributed by atoms with Crippen LogP contribution in [0.2, 0.25) is 0 Å². The van der Waals surface area contributed by atoms with Gasteiger partial charge in [-0.25, -0.2) is 0 Å². The molecule has 0 radical (unpaired) electrons. The van der Waals surface area contributed by atoms with E-state index in [9.17, 15) is 4.79 Å². The van der Waals surface area contributed by atoms with Gasteiger partial charge in [-0.05, 0) is 31.0 Å². The molecule has 0 spiro atoms. The van der Waals surface area contributed by atoms with E-state index in [0.29, 0.717) is 13.0 Å². The molecule has 1 aliphatic heterocycles. The zero-order chi connectivity index (χ0) is 16.5. The van der Waals surface area contributed by atoms with Gasteiger partial charge >= 0.3 is 0 Å². The molecule has 1 aromatic carbocycles. The topological polar surface area (TPSA) is 82.2 Å². The molecule has 0 aromatic heterocycles. The molecule has 0 bridgehead atoms. The normalized spacial score (nSPS) is 17.9. The number of nitrogens with zero attached hydrogens (tertiary/aromatic N) is 2. The number of amides is 1. The third-order valence-corrected chi connectivity index (χ3v) is 3.98. The largest absolute Gasteiger partial charge is 0.320 e. The minimum absolute atomic E-state index is 0.126. The lowest BCUT2D eigenvalue weighted by molar-refractivity contribution is -0.132. The Kier molecular flexibility index (Phi) is 6.79. The molecule has 0 aliphatic carbocycles. The Morgan fingerprint density at radius 1 is 1.39 bits per heavy atom. The van der Waals surface area contributed by atoms with E-state index in [-0.39, 0.29) is 5.91 Å². The van der Waals surface area contributed by atoms with Gasteiger partial charge in [-0.1, -0.05) is 42.8 Å². The van der Waals surface area contributed by atoms with Crippen molar-refractivity contribution in [3.05, 3.63) is 48.0 Å². The van der Waals surface area contributed by atoms with E-state index < -0.39 is 12.1 Å². The fraction of sp³-hybridized carbons (Fsp3) is 0.444. The van der Waals surface area contributed by atoms with Crippen LogP contribution < -0.4 is 11.1 Å². The number of hydrogen-bond donors (Lipinski definition) is 2. The number of carbonyl (C=O) groups excluding carboxylic acids is 1. The van der Waals surface area contributed by atoms with Crippen LogP contribution in [0.1, 0.15) is 24.8 Å². The summed E-state index contributed by atoms with van der Waals surface area (Å²) in [5.74, 6) is -0.126. The molecule has 1 aliphatic rings. The Balaban J connectivity index is 1.59. The molecule has 1 aromatic rings. The molecule has 2 rings (SSSR count). The first-order valence-corrected chi connectivity index (χ1v) is 8.09. The summed E-state index contributed by atoms with van der Waals surface area (Å²) in [6.07, 6.45) is 6.12. The van der Waals surface area contributed by atoms with Crippen molar-refractivity contribution in [3.8, 4) is 6.07 Å². The average Bonchev–Trinajstić information content (AvgIpc) is 3.06. The molecule has 122 valence electrons. The van der Waals surface area contributed by atoms with Gasteiger partial charge in [0.25, 0.3) is 0 Å². The molecular formula is C18H24N4O. The number of nitriles is 1. The third kappa shape index (κ3) is 5.20. The number of nitrogens with one attached hydrogen (secondary N) is 1. The Labute approximate surface area is 137 Å². The summed E-state index contributed by atoms with van der Waals surface area (Å²) < 4.78 is 0. The van der Waals surface area contributed by atoms with Crippen molar-refractivity contribution in [1.29, 1.82) is 5.26 Å². The maximum absolute atomic E-state index is 12.2. The predicted octanol–water partition coefficient (Wildman–Crippen LogP) is 1.56. The summed E-state index contributed by atoms with van der Waals surface area (Å²) in [5, 5.41) is 12.4. The quantitative estimate of drug-likeness (QED) is 0.564. The Morgan fingerprint density at radius 2 is 2.17 bits per heavy atom. The SMILES string of the molecule is N#C[C@@H]1C=CCN1C(=O)[C@@H](N)CCCCNCc1ccccc1. The first-order valence-electron chi connectivity index (χ1n) is 8.09. The fourth-order valence-corrected chi connectivity index (χ4v) is 2.64. The lowest BCUT2D eigenvalue weighted by Gasteiger charge is -2.23. The highest BCUT2D eigenvalue weighted by Gasteiger charge is 2.27. The summed E-state index contributed by atoms with van der Waals surface area (Å²) in [6.45, 7) is 2.25. The van der Waals surface area contributed by atoms with Crippen LogP contribution in [0.3, 0.4) is 0 Å². The zero-order valence-electron chi connectivity index (χ0n) is 13.3. The molecule has 2 atom stereocenters. The van der Waals surface area contributed by atoms with E-state index in [0.717, 1.165) is 25.9 Å².